The summed E-state index contributed by atoms with van der Waals surface area (Å²) in [6.07, 6.45) is 0. The second-order valence-electron chi connectivity index (χ2n) is 7.12. The number of halogens is 1. The number of anilines is 1. The first-order chi connectivity index (χ1) is 15.4. The third-order valence-corrected chi connectivity index (χ3v) is 8.29. The molecule has 1 fully saturated rings. The lowest BCUT2D eigenvalue weighted by atomic mass is 10.3. The highest BCUT2D eigenvalue weighted by atomic mass is 35.5. The van der Waals surface area contributed by atoms with Crippen molar-refractivity contribution in [2.45, 2.75) is 23.5 Å². The topological polar surface area (TPSA) is 93.5 Å². The fraction of sp³-hybridized carbons (Fsp3) is 0.333. The summed E-state index contributed by atoms with van der Waals surface area (Å²) in [6, 6.07) is 12.1. The molecule has 0 radical (unpaired) electrons. The van der Waals surface area contributed by atoms with Gasteiger partial charge in [0.2, 0.25) is 15.9 Å². The number of para-hydroxylation sites is 2. The molecule has 8 nitrogen and oxygen atoms in total. The van der Waals surface area contributed by atoms with Crippen LogP contribution in [0.2, 0.25) is 5.02 Å². The van der Waals surface area contributed by atoms with Crippen molar-refractivity contribution in [3.05, 3.63) is 47.5 Å². The SMILES string of the molecule is CCn1c(SCC(=O)Nc2cc(S(=O)(=O)N3CCOCC3)ccc2Cl)nc2ccccc21. The largest absolute Gasteiger partial charge is 0.379 e. The number of aromatic nitrogens is 2. The van der Waals surface area contributed by atoms with E-state index in [1.807, 2.05) is 31.2 Å². The third kappa shape index (κ3) is 4.79. The highest BCUT2D eigenvalue weighted by Gasteiger charge is 2.27. The lowest BCUT2D eigenvalue weighted by Crippen LogP contribution is -2.40. The predicted octanol–water partition coefficient (Wildman–Crippen LogP) is 3.46. The number of thioether (sulfide) groups is 1. The molecule has 32 heavy (non-hydrogen) atoms. The molecule has 1 amide bonds. The van der Waals surface area contributed by atoms with E-state index in [9.17, 15) is 13.2 Å². The van der Waals surface area contributed by atoms with E-state index < -0.39 is 10.0 Å². The van der Waals surface area contributed by atoms with Crippen LogP contribution in [0.5, 0.6) is 0 Å². The van der Waals surface area contributed by atoms with Crippen LogP contribution >= 0.6 is 23.4 Å². The van der Waals surface area contributed by atoms with Crippen molar-refractivity contribution in [3.63, 3.8) is 0 Å². The minimum absolute atomic E-state index is 0.0829. The number of benzene rings is 2. The zero-order valence-corrected chi connectivity index (χ0v) is 19.8. The van der Waals surface area contributed by atoms with E-state index in [-0.39, 0.29) is 27.3 Å². The number of nitrogens with one attached hydrogen (secondary N) is 1. The first-order valence-electron chi connectivity index (χ1n) is 10.2. The zero-order valence-electron chi connectivity index (χ0n) is 17.5. The molecule has 0 saturated carbocycles. The number of hydrogen-bond donors (Lipinski definition) is 1. The first kappa shape index (κ1) is 23.1. The number of morpholine rings is 1. The van der Waals surface area contributed by atoms with Gasteiger partial charge in [0, 0.05) is 19.6 Å². The summed E-state index contributed by atoms with van der Waals surface area (Å²) in [5, 5.41) is 3.75. The van der Waals surface area contributed by atoms with Crippen molar-refractivity contribution >= 4 is 56.0 Å². The van der Waals surface area contributed by atoms with Crippen molar-refractivity contribution in [3.8, 4) is 0 Å². The molecule has 2 heterocycles. The second kappa shape index (κ2) is 9.80. The number of imidazole rings is 1. The molecule has 1 saturated heterocycles. The van der Waals surface area contributed by atoms with Crippen LogP contribution in [0.4, 0.5) is 5.69 Å². The van der Waals surface area contributed by atoms with Gasteiger partial charge in [-0.05, 0) is 37.3 Å². The zero-order chi connectivity index (χ0) is 22.7. The Labute approximate surface area is 195 Å². The number of amides is 1. The van der Waals surface area contributed by atoms with Crippen LogP contribution in [0, 0.1) is 0 Å². The van der Waals surface area contributed by atoms with E-state index >= 15 is 0 Å². The number of rotatable bonds is 7. The molecule has 1 N–H and O–H groups in total. The molecule has 0 bridgehead atoms. The van der Waals surface area contributed by atoms with Gasteiger partial charge < -0.3 is 14.6 Å². The summed E-state index contributed by atoms with van der Waals surface area (Å²) in [5.74, 6) is -0.187. The van der Waals surface area contributed by atoms with Crippen LogP contribution in [0.1, 0.15) is 6.92 Å². The molecule has 0 aliphatic carbocycles. The number of hydrogen-bond acceptors (Lipinski definition) is 6. The van der Waals surface area contributed by atoms with Crippen LogP contribution in [0.15, 0.2) is 52.5 Å². The molecule has 1 aromatic heterocycles. The number of carbonyl (C=O) groups excluding carboxylic acids is 1. The maximum Gasteiger partial charge on any atom is 0.243 e. The summed E-state index contributed by atoms with van der Waals surface area (Å²) in [5.41, 5.74) is 2.15. The summed E-state index contributed by atoms with van der Waals surface area (Å²) in [4.78, 5) is 17.3. The van der Waals surface area contributed by atoms with Crippen LogP contribution in [0.3, 0.4) is 0 Å². The van der Waals surface area contributed by atoms with Crippen molar-refractivity contribution in [2.75, 3.05) is 37.4 Å². The van der Waals surface area contributed by atoms with Crippen LogP contribution in [-0.2, 0) is 26.1 Å². The van der Waals surface area contributed by atoms with Gasteiger partial charge in [0.25, 0.3) is 0 Å². The fourth-order valence-electron chi connectivity index (χ4n) is 3.48. The lowest BCUT2D eigenvalue weighted by Gasteiger charge is -2.26. The Bertz CT molecular complexity index is 1240. The average molecular weight is 495 g/mol. The third-order valence-electron chi connectivity index (χ3n) is 5.09. The Hall–Kier alpha value is -2.11. The first-order valence-corrected chi connectivity index (χ1v) is 13.0. The Morgan fingerprint density at radius 1 is 1.22 bits per heavy atom. The maximum atomic E-state index is 12.9. The van der Waals surface area contributed by atoms with Gasteiger partial charge >= 0.3 is 0 Å². The Morgan fingerprint density at radius 3 is 2.72 bits per heavy atom. The van der Waals surface area contributed by atoms with Crippen molar-refractivity contribution in [1.82, 2.24) is 13.9 Å². The summed E-state index contributed by atoms with van der Waals surface area (Å²) in [7, 11) is -3.69. The van der Waals surface area contributed by atoms with Crippen LogP contribution < -0.4 is 5.32 Å². The quantitative estimate of drug-likeness (QED) is 0.505. The van der Waals surface area contributed by atoms with E-state index in [1.54, 1.807) is 0 Å². The van der Waals surface area contributed by atoms with E-state index in [4.69, 9.17) is 16.3 Å². The molecule has 0 unspecified atom stereocenters. The molecule has 11 heteroatoms. The van der Waals surface area contributed by atoms with Gasteiger partial charge in [-0.1, -0.05) is 35.5 Å². The number of sulfonamides is 1. The maximum absolute atomic E-state index is 12.9. The van der Waals surface area contributed by atoms with Crippen LogP contribution in [-0.4, -0.2) is 60.2 Å². The van der Waals surface area contributed by atoms with E-state index in [1.165, 1.54) is 34.3 Å². The lowest BCUT2D eigenvalue weighted by molar-refractivity contribution is -0.113. The molecule has 0 atom stereocenters. The molecular formula is C21H23ClN4O4S2. The molecule has 0 spiro atoms. The predicted molar refractivity (Wildman–Crippen MR) is 126 cm³/mol. The number of aryl methyl sites for hydroxylation is 1. The number of carbonyl (C=O) groups is 1. The van der Waals surface area contributed by atoms with E-state index in [2.05, 4.69) is 14.9 Å². The second-order valence-corrected chi connectivity index (χ2v) is 10.4. The molecule has 170 valence electrons. The van der Waals surface area contributed by atoms with Crippen molar-refractivity contribution in [2.24, 2.45) is 0 Å². The van der Waals surface area contributed by atoms with Gasteiger partial charge in [-0.25, -0.2) is 13.4 Å². The monoisotopic (exact) mass is 494 g/mol. The Kier molecular flexibility index (Phi) is 7.06. The number of nitrogens with zero attached hydrogens (tertiary/aromatic N) is 3. The average Bonchev–Trinajstić information content (AvgIpc) is 3.17. The molecule has 1 aliphatic heterocycles. The highest BCUT2D eigenvalue weighted by Crippen LogP contribution is 2.28. The molecule has 1 aliphatic rings. The van der Waals surface area contributed by atoms with E-state index in [0.29, 0.717) is 26.3 Å². The minimum atomic E-state index is -3.69. The molecule has 2 aromatic carbocycles. The van der Waals surface area contributed by atoms with Crippen LogP contribution in [0.25, 0.3) is 11.0 Å². The fourth-order valence-corrected chi connectivity index (χ4v) is 5.96. The van der Waals surface area contributed by atoms with Gasteiger partial charge in [0.05, 0.1) is 45.6 Å². The smallest absolute Gasteiger partial charge is 0.243 e. The summed E-state index contributed by atoms with van der Waals surface area (Å²) < 4.78 is 34.5. The Balaban J connectivity index is 1.47. The van der Waals surface area contributed by atoms with Crippen molar-refractivity contribution in [1.29, 1.82) is 0 Å². The van der Waals surface area contributed by atoms with Crippen molar-refractivity contribution < 1.29 is 17.9 Å². The molecule has 4 rings (SSSR count). The summed E-state index contributed by atoms with van der Waals surface area (Å²) >= 11 is 7.55. The summed E-state index contributed by atoms with van der Waals surface area (Å²) in [6.45, 7) is 4.06. The number of ether oxygens (including phenoxy) is 1. The minimum Gasteiger partial charge on any atom is -0.379 e. The molecule has 3 aromatic rings. The number of fused-ring (bicyclic) bond motifs is 1. The highest BCUT2D eigenvalue weighted by molar-refractivity contribution is 7.99. The normalized spacial score (nSPS) is 15.2. The van der Waals surface area contributed by atoms with Gasteiger partial charge in [-0.15, -0.1) is 0 Å². The molecular weight excluding hydrogens is 472 g/mol. The van der Waals surface area contributed by atoms with Gasteiger partial charge in [-0.3, -0.25) is 4.79 Å². The van der Waals surface area contributed by atoms with Gasteiger partial charge in [0.1, 0.15) is 0 Å². The standard InChI is InChI=1S/C21H23ClN4O4S2/c1-2-26-19-6-4-3-5-17(19)24-21(26)31-14-20(27)23-18-13-15(7-8-16(18)22)32(28,29)25-9-11-30-12-10-25/h3-8,13H,2,9-12,14H2,1H3,(H,23,27). The van der Waals surface area contributed by atoms with Gasteiger partial charge in [0.15, 0.2) is 5.16 Å². The van der Waals surface area contributed by atoms with Gasteiger partial charge in [-0.2, -0.15) is 4.31 Å². The van der Waals surface area contributed by atoms with E-state index in [0.717, 1.165) is 22.7 Å². The Morgan fingerprint density at radius 2 is 1.97 bits per heavy atom.